The van der Waals surface area contributed by atoms with Crippen LogP contribution in [0, 0.1) is 6.92 Å². The second kappa shape index (κ2) is 12.8. The van der Waals surface area contributed by atoms with Crippen LogP contribution in [0.2, 0.25) is 10.0 Å². The summed E-state index contributed by atoms with van der Waals surface area (Å²) in [7, 11) is -2.90. The second-order valence-electron chi connectivity index (χ2n) is 9.20. The molecular formula is C29H26Cl2N2O8S. The van der Waals surface area contributed by atoms with Gasteiger partial charge in [0, 0.05) is 10.6 Å². The topological polar surface area (TPSA) is 128 Å². The zero-order chi connectivity index (χ0) is 30.6. The Balaban J connectivity index is 1.68. The Hall–Kier alpha value is -4.06. The lowest BCUT2D eigenvalue weighted by Crippen LogP contribution is -2.53. The highest BCUT2D eigenvalue weighted by Gasteiger charge is 2.36. The molecule has 0 spiro atoms. The van der Waals surface area contributed by atoms with Crippen LogP contribution in [0.1, 0.15) is 30.0 Å². The van der Waals surface area contributed by atoms with Crippen LogP contribution >= 0.6 is 23.2 Å². The number of hydrogen-bond donors (Lipinski definition) is 1. The Kier molecular flexibility index (Phi) is 9.45. The minimum absolute atomic E-state index is 0.0740. The summed E-state index contributed by atoms with van der Waals surface area (Å²) < 4.78 is 42.4. The lowest BCUT2D eigenvalue weighted by atomic mass is 10.1. The van der Waals surface area contributed by atoms with Gasteiger partial charge in [-0.3, -0.25) is 19.8 Å². The van der Waals surface area contributed by atoms with E-state index in [1.807, 2.05) is 6.92 Å². The van der Waals surface area contributed by atoms with Crippen LogP contribution in [-0.4, -0.2) is 44.9 Å². The predicted molar refractivity (Wildman–Crippen MR) is 156 cm³/mol. The molecule has 3 aromatic rings. The number of aryl methyl sites for hydroxylation is 1. The molecule has 0 saturated carbocycles. The van der Waals surface area contributed by atoms with Crippen molar-refractivity contribution in [3.8, 4) is 17.2 Å². The Morgan fingerprint density at radius 1 is 0.976 bits per heavy atom. The van der Waals surface area contributed by atoms with Gasteiger partial charge in [-0.25, -0.2) is 4.79 Å². The highest BCUT2D eigenvalue weighted by atomic mass is 35.5. The first-order valence-electron chi connectivity index (χ1n) is 12.6. The number of methoxy groups -OCH3 is 1. The SMILES string of the molecule is CCCOc1ccc(CN2C(=O)NC(=O)/C(=C\c3cc(Cl)cc(Cl)c3OS(=O)(=O)c3ccc(C)cc3)C2=O)cc1OC. The van der Waals surface area contributed by atoms with Crippen LogP contribution in [0.5, 0.6) is 17.2 Å². The average molecular weight is 634 g/mol. The molecule has 3 aromatic carbocycles. The monoisotopic (exact) mass is 632 g/mol. The third-order valence-electron chi connectivity index (χ3n) is 6.06. The maximum Gasteiger partial charge on any atom is 0.339 e. The maximum atomic E-state index is 13.4. The number of halogens is 2. The standard InChI is InChI=1S/C29H26Cl2N2O8S/c1-4-11-40-24-10-7-18(12-25(24)39-3)16-33-28(35)22(27(34)32-29(33)36)14-19-13-20(30)15-23(31)26(19)41-42(37,38)21-8-5-17(2)6-9-21/h5-10,12-15H,4,11,16H2,1-3H3,(H,32,34,36)/b22-14+. The number of rotatable bonds is 10. The van der Waals surface area contributed by atoms with Crippen LogP contribution in [0.15, 0.2) is 65.1 Å². The zero-order valence-corrected chi connectivity index (χ0v) is 25.1. The van der Waals surface area contributed by atoms with Crippen LogP contribution in [0.3, 0.4) is 0 Å². The molecule has 0 aliphatic carbocycles. The molecule has 13 heteroatoms. The minimum atomic E-state index is -4.36. The summed E-state index contributed by atoms with van der Waals surface area (Å²) in [6, 6.07) is 12.5. The van der Waals surface area contributed by atoms with Crippen molar-refractivity contribution < 1.29 is 36.5 Å². The van der Waals surface area contributed by atoms with Gasteiger partial charge in [-0.1, -0.05) is 53.9 Å². The van der Waals surface area contributed by atoms with Crippen LogP contribution in [0.25, 0.3) is 6.08 Å². The Morgan fingerprint density at radius 3 is 2.36 bits per heavy atom. The number of urea groups is 1. The first-order chi connectivity index (χ1) is 19.9. The number of nitrogens with one attached hydrogen (secondary N) is 1. The maximum absolute atomic E-state index is 13.4. The van der Waals surface area contributed by atoms with Gasteiger partial charge in [0.1, 0.15) is 10.5 Å². The van der Waals surface area contributed by atoms with E-state index < -0.39 is 33.5 Å². The number of ether oxygens (including phenoxy) is 2. The molecule has 1 N–H and O–H groups in total. The fraction of sp³-hybridized carbons (Fsp3) is 0.207. The normalized spacial score (nSPS) is 14.6. The Morgan fingerprint density at radius 2 is 1.69 bits per heavy atom. The van der Waals surface area contributed by atoms with E-state index in [9.17, 15) is 22.8 Å². The summed E-state index contributed by atoms with van der Waals surface area (Å²) in [6.45, 7) is 4.03. The summed E-state index contributed by atoms with van der Waals surface area (Å²) in [5, 5.41) is 2.03. The lowest BCUT2D eigenvalue weighted by Gasteiger charge is -2.26. The van der Waals surface area contributed by atoms with Gasteiger partial charge in [-0.15, -0.1) is 0 Å². The van der Waals surface area contributed by atoms with E-state index in [1.165, 1.54) is 31.4 Å². The lowest BCUT2D eigenvalue weighted by molar-refractivity contribution is -0.130. The second-order valence-corrected chi connectivity index (χ2v) is 11.6. The number of benzene rings is 3. The first-order valence-corrected chi connectivity index (χ1v) is 14.8. The van der Waals surface area contributed by atoms with Gasteiger partial charge >= 0.3 is 16.1 Å². The molecule has 0 aromatic heterocycles. The van der Waals surface area contributed by atoms with E-state index in [2.05, 4.69) is 5.32 Å². The molecular weight excluding hydrogens is 607 g/mol. The molecule has 0 radical (unpaired) electrons. The van der Waals surface area contributed by atoms with Crippen LogP contribution < -0.4 is 19.0 Å². The fourth-order valence-corrected chi connectivity index (χ4v) is 5.52. The fourth-order valence-electron chi connectivity index (χ4n) is 3.96. The quantitative estimate of drug-likeness (QED) is 0.175. The summed E-state index contributed by atoms with van der Waals surface area (Å²) in [6.07, 6.45) is 1.86. The smallest absolute Gasteiger partial charge is 0.339 e. The number of carbonyl (C=O) groups excluding carboxylic acids is 3. The van der Waals surface area contributed by atoms with Crippen molar-refractivity contribution in [3.05, 3.63) is 86.9 Å². The number of nitrogens with zero attached hydrogens (tertiary/aromatic N) is 1. The van der Waals surface area contributed by atoms with E-state index in [1.54, 1.807) is 37.3 Å². The van der Waals surface area contributed by atoms with E-state index in [0.29, 0.717) is 23.7 Å². The molecule has 1 saturated heterocycles. The van der Waals surface area contributed by atoms with Crippen molar-refractivity contribution in [2.45, 2.75) is 31.7 Å². The molecule has 1 heterocycles. The molecule has 4 rings (SSSR count). The average Bonchev–Trinajstić information content (AvgIpc) is 2.94. The van der Waals surface area contributed by atoms with Crippen molar-refractivity contribution >= 4 is 57.2 Å². The highest BCUT2D eigenvalue weighted by Crippen LogP contribution is 2.36. The Bertz CT molecular complexity index is 1690. The van der Waals surface area contributed by atoms with Gasteiger partial charge in [-0.05, 0) is 61.4 Å². The van der Waals surface area contributed by atoms with Gasteiger partial charge in [0.15, 0.2) is 17.2 Å². The highest BCUT2D eigenvalue weighted by molar-refractivity contribution is 7.87. The van der Waals surface area contributed by atoms with E-state index >= 15 is 0 Å². The Labute approximate surface area is 252 Å². The van der Waals surface area contributed by atoms with Gasteiger partial charge in [0.05, 0.1) is 25.3 Å². The molecule has 1 fully saturated rings. The van der Waals surface area contributed by atoms with Crippen LogP contribution in [-0.2, 0) is 26.3 Å². The first kappa shape index (κ1) is 30.9. The van der Waals surface area contributed by atoms with Crippen molar-refractivity contribution in [3.63, 3.8) is 0 Å². The molecule has 0 unspecified atom stereocenters. The summed E-state index contributed by atoms with van der Waals surface area (Å²) in [5.74, 6) is -1.38. The third-order valence-corrected chi connectivity index (χ3v) is 7.79. The van der Waals surface area contributed by atoms with Gasteiger partial charge in [0.25, 0.3) is 11.8 Å². The predicted octanol–water partition coefficient (Wildman–Crippen LogP) is 5.53. The van der Waals surface area contributed by atoms with E-state index in [-0.39, 0.29) is 32.8 Å². The van der Waals surface area contributed by atoms with Gasteiger partial charge in [-0.2, -0.15) is 8.42 Å². The molecule has 0 atom stereocenters. The molecule has 1 aliphatic heterocycles. The van der Waals surface area contributed by atoms with E-state index in [0.717, 1.165) is 23.0 Å². The van der Waals surface area contributed by atoms with Crippen molar-refractivity contribution in [2.24, 2.45) is 0 Å². The molecule has 1 aliphatic rings. The molecule has 42 heavy (non-hydrogen) atoms. The zero-order valence-electron chi connectivity index (χ0n) is 22.8. The third kappa shape index (κ3) is 6.87. The largest absolute Gasteiger partial charge is 0.493 e. The van der Waals surface area contributed by atoms with Gasteiger partial charge < -0.3 is 13.7 Å². The summed E-state index contributed by atoms with van der Waals surface area (Å²) in [4.78, 5) is 39.6. The van der Waals surface area contributed by atoms with Crippen molar-refractivity contribution in [1.82, 2.24) is 10.2 Å². The number of amides is 4. The molecule has 10 nitrogen and oxygen atoms in total. The van der Waals surface area contributed by atoms with Crippen LogP contribution in [0.4, 0.5) is 4.79 Å². The number of imide groups is 2. The minimum Gasteiger partial charge on any atom is -0.493 e. The number of hydrogen-bond acceptors (Lipinski definition) is 8. The van der Waals surface area contributed by atoms with Crippen molar-refractivity contribution in [1.29, 1.82) is 0 Å². The number of carbonyl (C=O) groups is 3. The molecule has 4 amide bonds. The molecule has 0 bridgehead atoms. The molecule has 220 valence electrons. The van der Waals surface area contributed by atoms with Crippen molar-refractivity contribution in [2.75, 3.05) is 13.7 Å². The van der Waals surface area contributed by atoms with Gasteiger partial charge in [0.2, 0.25) is 0 Å². The number of barbiturate groups is 1. The summed E-state index contributed by atoms with van der Waals surface area (Å²) in [5.41, 5.74) is 0.811. The van der Waals surface area contributed by atoms with E-state index in [4.69, 9.17) is 36.9 Å². The summed E-state index contributed by atoms with van der Waals surface area (Å²) >= 11 is 12.5.